The van der Waals surface area contributed by atoms with Crippen LogP contribution in [0.25, 0.3) is 0 Å². The van der Waals surface area contributed by atoms with Gasteiger partial charge in [0.2, 0.25) is 0 Å². The highest BCUT2D eigenvalue weighted by Crippen LogP contribution is 2.46. The van der Waals surface area contributed by atoms with Gasteiger partial charge in [0.25, 0.3) is 0 Å². The first-order chi connectivity index (χ1) is 6.58. The third kappa shape index (κ3) is 1.60. The van der Waals surface area contributed by atoms with Crippen LogP contribution in [-0.2, 0) is 4.79 Å². The lowest BCUT2D eigenvalue weighted by Gasteiger charge is -2.32. The monoisotopic (exact) mass is 195 g/mol. The molecule has 0 radical (unpaired) electrons. The SMILES string of the molecule is CC(C)(C=O)N1CCC2(CCCC2)C1. The van der Waals surface area contributed by atoms with E-state index in [1.54, 1.807) is 0 Å². The second kappa shape index (κ2) is 3.34. The second-order valence-corrected chi connectivity index (χ2v) is 5.65. The highest BCUT2D eigenvalue weighted by Gasteiger charge is 2.44. The van der Waals surface area contributed by atoms with Crippen LogP contribution in [0.4, 0.5) is 0 Å². The number of carbonyl (C=O) groups is 1. The van der Waals surface area contributed by atoms with Crippen LogP contribution in [0.5, 0.6) is 0 Å². The Balaban J connectivity index is 2.04. The van der Waals surface area contributed by atoms with Crippen molar-refractivity contribution < 1.29 is 4.79 Å². The van der Waals surface area contributed by atoms with Crippen molar-refractivity contribution >= 4 is 6.29 Å². The van der Waals surface area contributed by atoms with E-state index in [2.05, 4.69) is 4.90 Å². The first-order valence-corrected chi connectivity index (χ1v) is 5.79. The summed E-state index contributed by atoms with van der Waals surface area (Å²) >= 11 is 0. The Morgan fingerprint density at radius 2 is 1.86 bits per heavy atom. The van der Waals surface area contributed by atoms with E-state index in [0.717, 1.165) is 19.4 Å². The van der Waals surface area contributed by atoms with Crippen molar-refractivity contribution in [2.45, 2.75) is 51.5 Å². The molecular formula is C12H21NO. The van der Waals surface area contributed by atoms with Gasteiger partial charge in [0.05, 0.1) is 5.54 Å². The highest BCUT2D eigenvalue weighted by molar-refractivity contribution is 5.62. The van der Waals surface area contributed by atoms with Crippen LogP contribution < -0.4 is 0 Å². The minimum atomic E-state index is -0.244. The lowest BCUT2D eigenvalue weighted by molar-refractivity contribution is -0.116. The van der Waals surface area contributed by atoms with Gasteiger partial charge in [0, 0.05) is 6.54 Å². The summed E-state index contributed by atoms with van der Waals surface area (Å²) in [7, 11) is 0. The van der Waals surface area contributed by atoms with Crippen molar-refractivity contribution in [3.05, 3.63) is 0 Å². The second-order valence-electron chi connectivity index (χ2n) is 5.65. The molecule has 2 aliphatic rings. The fraction of sp³-hybridized carbons (Fsp3) is 0.917. The lowest BCUT2D eigenvalue weighted by atomic mass is 9.85. The number of hydrogen-bond donors (Lipinski definition) is 0. The number of aldehydes is 1. The molecule has 2 fully saturated rings. The van der Waals surface area contributed by atoms with Crippen LogP contribution in [0.3, 0.4) is 0 Å². The number of carbonyl (C=O) groups excluding carboxylic acids is 1. The molecule has 2 nitrogen and oxygen atoms in total. The summed E-state index contributed by atoms with van der Waals surface area (Å²) in [6.45, 7) is 6.34. The molecule has 1 heterocycles. The molecule has 1 saturated carbocycles. The van der Waals surface area contributed by atoms with Crippen molar-refractivity contribution in [2.24, 2.45) is 5.41 Å². The van der Waals surface area contributed by atoms with Crippen molar-refractivity contribution in [2.75, 3.05) is 13.1 Å². The van der Waals surface area contributed by atoms with Crippen molar-refractivity contribution in [1.29, 1.82) is 0 Å². The van der Waals surface area contributed by atoms with Crippen molar-refractivity contribution in [3.63, 3.8) is 0 Å². The lowest BCUT2D eigenvalue weighted by Crippen LogP contribution is -2.44. The fourth-order valence-electron chi connectivity index (χ4n) is 3.03. The zero-order chi connectivity index (χ0) is 10.2. The average Bonchev–Trinajstić information content (AvgIpc) is 2.78. The van der Waals surface area contributed by atoms with E-state index in [4.69, 9.17) is 0 Å². The minimum Gasteiger partial charge on any atom is -0.301 e. The molecule has 1 aliphatic heterocycles. The zero-order valence-corrected chi connectivity index (χ0v) is 9.38. The third-order valence-electron chi connectivity index (χ3n) is 4.21. The molecule has 1 spiro atoms. The maximum absolute atomic E-state index is 11.0. The average molecular weight is 195 g/mol. The molecule has 0 atom stereocenters. The summed E-state index contributed by atoms with van der Waals surface area (Å²) in [5.41, 5.74) is 0.340. The summed E-state index contributed by atoms with van der Waals surface area (Å²) in [4.78, 5) is 13.3. The van der Waals surface area contributed by atoms with E-state index in [0.29, 0.717) is 5.41 Å². The Bertz CT molecular complexity index is 228. The summed E-state index contributed by atoms with van der Waals surface area (Å²) in [6, 6.07) is 0. The maximum atomic E-state index is 11.0. The van der Waals surface area contributed by atoms with Gasteiger partial charge >= 0.3 is 0 Å². The number of nitrogens with zero attached hydrogens (tertiary/aromatic N) is 1. The Hall–Kier alpha value is -0.370. The first-order valence-electron chi connectivity index (χ1n) is 5.79. The molecule has 0 N–H and O–H groups in total. The van der Waals surface area contributed by atoms with E-state index in [1.165, 1.54) is 32.1 Å². The fourth-order valence-corrected chi connectivity index (χ4v) is 3.03. The van der Waals surface area contributed by atoms with Crippen LogP contribution in [0, 0.1) is 5.41 Å². The van der Waals surface area contributed by atoms with Crippen molar-refractivity contribution in [1.82, 2.24) is 4.90 Å². The smallest absolute Gasteiger partial charge is 0.139 e. The molecule has 0 aromatic carbocycles. The van der Waals surface area contributed by atoms with Crippen LogP contribution >= 0.6 is 0 Å². The molecule has 0 bridgehead atoms. The van der Waals surface area contributed by atoms with Crippen LogP contribution in [0.15, 0.2) is 0 Å². The van der Waals surface area contributed by atoms with Gasteiger partial charge in [0.1, 0.15) is 6.29 Å². The Morgan fingerprint density at radius 3 is 2.43 bits per heavy atom. The highest BCUT2D eigenvalue weighted by atomic mass is 16.1. The van der Waals surface area contributed by atoms with Crippen molar-refractivity contribution in [3.8, 4) is 0 Å². The predicted octanol–water partition coefficient (Wildman–Crippen LogP) is 2.23. The summed E-state index contributed by atoms with van der Waals surface area (Å²) in [5.74, 6) is 0. The van der Waals surface area contributed by atoms with Gasteiger partial charge in [-0.15, -0.1) is 0 Å². The largest absolute Gasteiger partial charge is 0.301 e. The minimum absolute atomic E-state index is 0.244. The molecule has 80 valence electrons. The molecule has 14 heavy (non-hydrogen) atoms. The Kier molecular flexibility index (Phi) is 2.42. The third-order valence-corrected chi connectivity index (χ3v) is 4.21. The Labute approximate surface area is 86.7 Å². The van der Waals surface area contributed by atoms with Gasteiger partial charge in [-0.1, -0.05) is 12.8 Å². The molecule has 2 heteroatoms. The van der Waals surface area contributed by atoms with Crippen LogP contribution in [0.2, 0.25) is 0 Å². The van der Waals surface area contributed by atoms with Crippen LogP contribution in [0.1, 0.15) is 46.0 Å². The van der Waals surface area contributed by atoms with E-state index in [-0.39, 0.29) is 5.54 Å². The molecule has 0 unspecified atom stereocenters. The first kappa shape index (κ1) is 10.2. The quantitative estimate of drug-likeness (QED) is 0.630. The van der Waals surface area contributed by atoms with Gasteiger partial charge in [-0.05, 0) is 45.1 Å². The standard InChI is InChI=1S/C12H21NO/c1-11(2,10-14)13-8-7-12(9-13)5-3-4-6-12/h10H,3-9H2,1-2H3. The van der Waals surface area contributed by atoms with Gasteiger partial charge in [-0.3, -0.25) is 4.90 Å². The van der Waals surface area contributed by atoms with Gasteiger partial charge in [-0.2, -0.15) is 0 Å². The normalized spacial score (nSPS) is 27.3. The summed E-state index contributed by atoms with van der Waals surface area (Å²) < 4.78 is 0. The van der Waals surface area contributed by atoms with E-state index < -0.39 is 0 Å². The number of hydrogen-bond acceptors (Lipinski definition) is 2. The van der Waals surface area contributed by atoms with Gasteiger partial charge in [0.15, 0.2) is 0 Å². The van der Waals surface area contributed by atoms with Gasteiger partial charge in [-0.25, -0.2) is 0 Å². The van der Waals surface area contributed by atoms with E-state index in [9.17, 15) is 4.79 Å². The number of likely N-dealkylation sites (tertiary alicyclic amines) is 1. The topological polar surface area (TPSA) is 20.3 Å². The molecule has 0 aromatic rings. The molecule has 1 saturated heterocycles. The van der Waals surface area contributed by atoms with E-state index >= 15 is 0 Å². The molecule has 1 aliphatic carbocycles. The molecule has 0 amide bonds. The summed E-state index contributed by atoms with van der Waals surface area (Å²) in [6.07, 6.45) is 7.98. The molecule has 0 aromatic heterocycles. The maximum Gasteiger partial charge on any atom is 0.139 e. The summed E-state index contributed by atoms with van der Waals surface area (Å²) in [5, 5.41) is 0. The molecule has 2 rings (SSSR count). The van der Waals surface area contributed by atoms with E-state index in [1.807, 2.05) is 13.8 Å². The number of rotatable bonds is 2. The van der Waals surface area contributed by atoms with Crippen LogP contribution in [-0.4, -0.2) is 29.8 Å². The zero-order valence-electron chi connectivity index (χ0n) is 9.38. The predicted molar refractivity (Wildman–Crippen MR) is 57.2 cm³/mol. The molecular weight excluding hydrogens is 174 g/mol. The Morgan fingerprint density at radius 1 is 1.21 bits per heavy atom. The van der Waals surface area contributed by atoms with Gasteiger partial charge < -0.3 is 4.79 Å².